The lowest BCUT2D eigenvalue weighted by molar-refractivity contribution is -0.142. The highest BCUT2D eigenvalue weighted by Gasteiger charge is 2.43. The number of ether oxygens (including phenoxy) is 2. The van der Waals surface area contributed by atoms with Gasteiger partial charge in [0.15, 0.2) is 0 Å². The number of amides is 1. The number of likely N-dealkylation sites (tertiary alicyclic amines) is 1. The highest BCUT2D eigenvalue weighted by molar-refractivity contribution is 6.30. The fourth-order valence-corrected chi connectivity index (χ4v) is 2.81. The molecule has 23 heavy (non-hydrogen) atoms. The molecule has 1 aliphatic heterocycles. The zero-order valence-corrected chi connectivity index (χ0v) is 14.4. The molecule has 2 rings (SSSR count). The van der Waals surface area contributed by atoms with Crippen molar-refractivity contribution in [1.82, 2.24) is 4.90 Å². The number of halogens is 1. The van der Waals surface area contributed by atoms with Crippen LogP contribution < -0.4 is 0 Å². The van der Waals surface area contributed by atoms with Gasteiger partial charge in [-0.1, -0.05) is 23.7 Å². The van der Waals surface area contributed by atoms with E-state index >= 15 is 0 Å². The summed E-state index contributed by atoms with van der Waals surface area (Å²) in [6.45, 7) is 6.74. The Bertz CT molecular complexity index is 567. The van der Waals surface area contributed by atoms with Gasteiger partial charge in [-0.2, -0.15) is 0 Å². The average Bonchev–Trinajstić information content (AvgIpc) is 2.84. The van der Waals surface area contributed by atoms with E-state index in [1.807, 2.05) is 32.9 Å². The van der Waals surface area contributed by atoms with Gasteiger partial charge in [0.05, 0.1) is 6.54 Å². The van der Waals surface area contributed by atoms with Crippen LogP contribution in [0.5, 0.6) is 0 Å². The molecule has 0 spiro atoms. The lowest BCUT2D eigenvalue weighted by Gasteiger charge is -2.29. The summed E-state index contributed by atoms with van der Waals surface area (Å²) in [5, 5.41) is 0.654. The Morgan fingerprint density at radius 3 is 2.57 bits per heavy atom. The average molecular weight is 340 g/mol. The normalized spacial score (nSPS) is 21.1. The molecule has 1 aliphatic rings. The van der Waals surface area contributed by atoms with E-state index in [1.165, 1.54) is 0 Å². The molecule has 0 saturated carbocycles. The third-order valence-electron chi connectivity index (χ3n) is 3.71. The summed E-state index contributed by atoms with van der Waals surface area (Å²) in [4.78, 5) is 24.7. The quantitative estimate of drug-likeness (QED) is 0.788. The van der Waals surface area contributed by atoms with Crippen LogP contribution in [-0.4, -0.2) is 41.8 Å². The van der Waals surface area contributed by atoms with E-state index in [4.69, 9.17) is 21.1 Å². The fourth-order valence-electron chi connectivity index (χ4n) is 2.69. The maximum Gasteiger partial charge on any atom is 0.410 e. The van der Waals surface area contributed by atoms with Gasteiger partial charge >= 0.3 is 6.09 Å². The topological polar surface area (TPSA) is 55.8 Å². The highest BCUT2D eigenvalue weighted by Crippen LogP contribution is 2.30. The maximum atomic E-state index is 12.2. The Morgan fingerprint density at radius 2 is 2.00 bits per heavy atom. The summed E-state index contributed by atoms with van der Waals surface area (Å²) >= 11 is 5.89. The SMILES string of the molecule is CC(C)(C)OC(=O)N1CCC(Cc2ccc(Cl)cc2)(OC=O)C1. The van der Waals surface area contributed by atoms with Crippen LogP contribution in [0.15, 0.2) is 24.3 Å². The van der Waals surface area contributed by atoms with Crippen molar-refractivity contribution in [3.63, 3.8) is 0 Å². The minimum atomic E-state index is -0.716. The molecule has 1 heterocycles. The Hall–Kier alpha value is -1.75. The summed E-state index contributed by atoms with van der Waals surface area (Å²) in [6.07, 6.45) is 0.723. The Balaban J connectivity index is 2.08. The summed E-state index contributed by atoms with van der Waals surface area (Å²) in [6, 6.07) is 7.39. The first-order chi connectivity index (χ1) is 10.7. The molecule has 0 aromatic heterocycles. The van der Waals surface area contributed by atoms with Gasteiger partial charge in [-0.3, -0.25) is 4.79 Å². The van der Waals surface area contributed by atoms with Crippen molar-refractivity contribution in [2.24, 2.45) is 0 Å². The molecule has 1 saturated heterocycles. The molecule has 0 radical (unpaired) electrons. The molecule has 1 fully saturated rings. The van der Waals surface area contributed by atoms with Gasteiger partial charge in [-0.25, -0.2) is 4.79 Å². The predicted molar refractivity (Wildman–Crippen MR) is 87.5 cm³/mol. The van der Waals surface area contributed by atoms with E-state index in [2.05, 4.69) is 0 Å². The number of benzene rings is 1. The Morgan fingerprint density at radius 1 is 1.35 bits per heavy atom. The van der Waals surface area contributed by atoms with E-state index in [0.717, 1.165) is 5.56 Å². The molecule has 126 valence electrons. The van der Waals surface area contributed by atoms with E-state index in [1.54, 1.807) is 17.0 Å². The van der Waals surface area contributed by atoms with Crippen molar-refractivity contribution in [3.05, 3.63) is 34.9 Å². The largest absolute Gasteiger partial charge is 0.459 e. The number of carbonyl (C=O) groups excluding carboxylic acids is 2. The smallest absolute Gasteiger partial charge is 0.410 e. The number of rotatable bonds is 4. The fraction of sp³-hybridized carbons (Fsp3) is 0.529. The van der Waals surface area contributed by atoms with Crippen molar-refractivity contribution < 1.29 is 19.1 Å². The molecular formula is C17H22ClNO4. The predicted octanol–water partition coefficient (Wildman–Crippen LogP) is 3.44. The van der Waals surface area contributed by atoms with E-state index < -0.39 is 11.2 Å². The van der Waals surface area contributed by atoms with E-state index in [9.17, 15) is 9.59 Å². The van der Waals surface area contributed by atoms with Crippen molar-refractivity contribution in [2.75, 3.05) is 13.1 Å². The van der Waals surface area contributed by atoms with Crippen LogP contribution in [0.2, 0.25) is 5.02 Å². The van der Waals surface area contributed by atoms with Gasteiger partial charge in [0, 0.05) is 24.4 Å². The van der Waals surface area contributed by atoms with Gasteiger partial charge < -0.3 is 14.4 Å². The highest BCUT2D eigenvalue weighted by atomic mass is 35.5. The molecule has 0 aliphatic carbocycles. The summed E-state index contributed by atoms with van der Waals surface area (Å²) < 4.78 is 10.8. The minimum Gasteiger partial charge on any atom is -0.459 e. The van der Waals surface area contributed by atoms with Crippen molar-refractivity contribution in [1.29, 1.82) is 0 Å². The minimum absolute atomic E-state index is 0.323. The standard InChI is InChI=1S/C17H22ClNO4/c1-16(2,3)23-15(21)19-9-8-17(11-19,22-12-20)10-13-4-6-14(18)7-5-13/h4-7,12H,8-11H2,1-3H3. The van der Waals surface area contributed by atoms with Crippen molar-refractivity contribution in [2.45, 2.75) is 44.8 Å². The van der Waals surface area contributed by atoms with Crippen LogP contribution in [-0.2, 0) is 20.7 Å². The third-order valence-corrected chi connectivity index (χ3v) is 3.96. The summed E-state index contributed by atoms with van der Waals surface area (Å²) in [5.41, 5.74) is -0.265. The van der Waals surface area contributed by atoms with Crippen molar-refractivity contribution in [3.8, 4) is 0 Å². The number of carbonyl (C=O) groups is 2. The van der Waals surface area contributed by atoms with Crippen LogP contribution >= 0.6 is 11.6 Å². The Kier molecular flexibility index (Phi) is 5.19. The van der Waals surface area contributed by atoms with Gasteiger partial charge in [0.1, 0.15) is 11.2 Å². The molecule has 0 N–H and O–H groups in total. The molecule has 1 atom stereocenters. The van der Waals surface area contributed by atoms with Gasteiger partial charge in [-0.05, 0) is 38.5 Å². The molecule has 0 bridgehead atoms. The van der Waals surface area contributed by atoms with E-state index in [-0.39, 0.29) is 6.09 Å². The number of nitrogens with zero attached hydrogens (tertiary/aromatic N) is 1. The first-order valence-corrected chi connectivity index (χ1v) is 7.95. The second-order valence-electron chi connectivity index (χ2n) is 6.85. The first-order valence-electron chi connectivity index (χ1n) is 7.57. The lowest BCUT2D eigenvalue weighted by Crippen LogP contribution is -2.41. The molecular weight excluding hydrogens is 318 g/mol. The first kappa shape index (κ1) is 17.6. The van der Waals surface area contributed by atoms with Gasteiger partial charge in [0.25, 0.3) is 6.47 Å². The lowest BCUT2D eigenvalue weighted by atomic mass is 9.93. The molecule has 6 heteroatoms. The van der Waals surface area contributed by atoms with E-state index in [0.29, 0.717) is 37.4 Å². The Labute approximate surface area is 141 Å². The van der Waals surface area contributed by atoms with Crippen LogP contribution in [0.4, 0.5) is 4.79 Å². The molecule has 1 aromatic carbocycles. The number of hydrogen-bond donors (Lipinski definition) is 0. The van der Waals surface area contributed by atoms with Crippen LogP contribution in [0.3, 0.4) is 0 Å². The molecule has 1 amide bonds. The monoisotopic (exact) mass is 339 g/mol. The molecule has 1 aromatic rings. The zero-order chi connectivity index (χ0) is 17.1. The zero-order valence-electron chi connectivity index (χ0n) is 13.7. The van der Waals surface area contributed by atoms with Gasteiger partial charge in [0.2, 0.25) is 0 Å². The summed E-state index contributed by atoms with van der Waals surface area (Å²) in [7, 11) is 0. The molecule has 1 unspecified atom stereocenters. The van der Waals surface area contributed by atoms with Crippen LogP contribution in [0.25, 0.3) is 0 Å². The van der Waals surface area contributed by atoms with Crippen molar-refractivity contribution >= 4 is 24.2 Å². The number of hydrogen-bond acceptors (Lipinski definition) is 4. The molecule has 5 nitrogen and oxygen atoms in total. The second kappa shape index (κ2) is 6.79. The third kappa shape index (κ3) is 4.86. The van der Waals surface area contributed by atoms with Crippen LogP contribution in [0.1, 0.15) is 32.8 Å². The van der Waals surface area contributed by atoms with Crippen LogP contribution in [0, 0.1) is 0 Å². The summed E-state index contributed by atoms with van der Waals surface area (Å²) in [5.74, 6) is 0. The second-order valence-corrected chi connectivity index (χ2v) is 7.29. The van der Waals surface area contributed by atoms with Gasteiger partial charge in [-0.15, -0.1) is 0 Å². The maximum absolute atomic E-state index is 12.2.